The molecule has 0 bridgehead atoms. The quantitative estimate of drug-likeness (QED) is 0.225. The lowest BCUT2D eigenvalue weighted by molar-refractivity contribution is -0.962. The minimum Gasteiger partial charge on any atom is -0.456 e. The van der Waals surface area contributed by atoms with Crippen LogP contribution in [0.25, 0.3) is 49.4 Å². The summed E-state index contributed by atoms with van der Waals surface area (Å²) < 4.78 is 6.35. The predicted octanol–water partition coefficient (Wildman–Crippen LogP) is 8.37. The van der Waals surface area contributed by atoms with E-state index >= 15 is 0 Å². The highest BCUT2D eigenvalue weighted by atomic mass is 16.3. The van der Waals surface area contributed by atoms with Gasteiger partial charge in [0.15, 0.2) is 12.3 Å². The Morgan fingerprint density at radius 2 is 1.44 bits per heavy atom. The summed E-state index contributed by atoms with van der Waals surface area (Å²) >= 11 is 0. The van der Waals surface area contributed by atoms with Crippen molar-refractivity contribution in [2.45, 2.75) is 25.2 Å². The molecule has 0 radical (unpaired) electrons. The normalized spacial score (nSPS) is 20.0. The van der Waals surface area contributed by atoms with Crippen LogP contribution in [0.1, 0.15) is 41.2 Å². The van der Waals surface area contributed by atoms with E-state index in [4.69, 9.17) is 4.42 Å². The maximum absolute atomic E-state index is 6.35. The first-order valence-corrected chi connectivity index (χ1v) is 14.6. The predicted molar refractivity (Wildman–Crippen MR) is 168 cm³/mol. The molecule has 7 aromatic rings. The van der Waals surface area contributed by atoms with E-state index in [2.05, 4.69) is 133 Å². The summed E-state index contributed by atoms with van der Waals surface area (Å²) in [5.74, 6) is 1.02. The van der Waals surface area contributed by atoms with Crippen LogP contribution < -0.4 is 10.2 Å². The zero-order valence-electron chi connectivity index (χ0n) is 22.6. The van der Waals surface area contributed by atoms with Crippen molar-refractivity contribution in [2.24, 2.45) is 0 Å². The maximum atomic E-state index is 6.35. The second-order valence-electron chi connectivity index (χ2n) is 11.4. The topological polar surface area (TPSA) is 29.6 Å². The summed E-state index contributed by atoms with van der Waals surface area (Å²) in [6, 6.07) is 42.2. The van der Waals surface area contributed by atoms with E-state index in [1.807, 2.05) is 0 Å². The van der Waals surface area contributed by atoms with Gasteiger partial charge in [0.05, 0.1) is 0 Å². The highest BCUT2D eigenvalue weighted by Gasteiger charge is 2.46. The monoisotopic (exact) mass is 529 g/mol. The Kier molecular flexibility index (Phi) is 5.00. The van der Waals surface area contributed by atoms with Crippen LogP contribution in [-0.2, 0) is 6.42 Å². The Morgan fingerprint density at radius 3 is 2.39 bits per heavy atom. The van der Waals surface area contributed by atoms with Crippen molar-refractivity contribution in [1.29, 1.82) is 0 Å². The molecule has 1 saturated heterocycles. The number of hydrogen-bond donors (Lipinski definition) is 2. The molecule has 2 N–H and O–H groups in total. The molecule has 3 heteroatoms. The van der Waals surface area contributed by atoms with Gasteiger partial charge in [0.1, 0.15) is 17.0 Å². The molecule has 3 nitrogen and oxygen atoms in total. The zero-order valence-corrected chi connectivity index (χ0v) is 22.6. The molecule has 41 heavy (non-hydrogen) atoms. The summed E-state index contributed by atoms with van der Waals surface area (Å²) in [5, 5.41) is 13.0. The third-order valence-corrected chi connectivity index (χ3v) is 9.17. The third kappa shape index (κ3) is 3.46. The minimum absolute atomic E-state index is 0.144. The fraction of sp³-hybridized carbons (Fsp3) is 0.105. The van der Waals surface area contributed by atoms with Crippen LogP contribution in [0.3, 0.4) is 0 Å². The molecule has 196 valence electrons. The number of allylic oxidation sites excluding steroid dienone is 1. The first-order valence-electron chi connectivity index (χ1n) is 14.6. The average molecular weight is 530 g/mol. The Morgan fingerprint density at radius 1 is 0.659 bits per heavy atom. The van der Waals surface area contributed by atoms with Gasteiger partial charge in [-0.25, -0.2) is 5.32 Å². The smallest absolute Gasteiger partial charge is 0.179 e. The van der Waals surface area contributed by atoms with Crippen molar-refractivity contribution in [2.75, 3.05) is 0 Å². The summed E-state index contributed by atoms with van der Waals surface area (Å²) in [6.45, 7) is 0. The van der Waals surface area contributed by atoms with Crippen molar-refractivity contribution >= 4 is 55.0 Å². The van der Waals surface area contributed by atoms with Gasteiger partial charge in [0, 0.05) is 33.5 Å². The number of fused-ring (bicyclic) bond motifs is 8. The average Bonchev–Trinajstić information content (AvgIpc) is 3.40. The van der Waals surface area contributed by atoms with Gasteiger partial charge in [0.25, 0.3) is 0 Å². The Labute approximate surface area is 238 Å². The third-order valence-electron chi connectivity index (χ3n) is 9.17. The molecule has 0 saturated carbocycles. The molecule has 6 aromatic carbocycles. The number of aryl methyl sites for hydroxylation is 1. The number of furan rings is 1. The van der Waals surface area contributed by atoms with Gasteiger partial charge in [-0.2, -0.15) is 0 Å². The maximum Gasteiger partial charge on any atom is 0.179 e. The van der Waals surface area contributed by atoms with E-state index in [1.165, 1.54) is 65.0 Å². The fourth-order valence-electron chi connectivity index (χ4n) is 7.23. The van der Waals surface area contributed by atoms with E-state index in [0.29, 0.717) is 0 Å². The van der Waals surface area contributed by atoms with Gasteiger partial charge in [0.2, 0.25) is 0 Å². The van der Waals surface area contributed by atoms with Gasteiger partial charge in [-0.15, -0.1) is 0 Å². The van der Waals surface area contributed by atoms with Crippen molar-refractivity contribution in [3.8, 4) is 0 Å². The lowest BCUT2D eigenvalue weighted by atomic mass is 9.92. The van der Waals surface area contributed by atoms with Gasteiger partial charge < -0.3 is 4.42 Å². The summed E-state index contributed by atoms with van der Waals surface area (Å²) in [5.41, 5.74) is 6.27. The molecule has 1 aliphatic heterocycles. The van der Waals surface area contributed by atoms with E-state index in [-0.39, 0.29) is 12.3 Å². The van der Waals surface area contributed by atoms with E-state index in [9.17, 15) is 0 Å². The van der Waals surface area contributed by atoms with Crippen LogP contribution in [0.5, 0.6) is 0 Å². The van der Waals surface area contributed by atoms with E-state index in [1.54, 1.807) is 0 Å². The van der Waals surface area contributed by atoms with Crippen LogP contribution in [0.2, 0.25) is 0 Å². The van der Waals surface area contributed by atoms with Gasteiger partial charge in [-0.05, 0) is 64.0 Å². The number of rotatable bonds is 3. The number of quaternary nitrogens is 1. The minimum atomic E-state index is 0.144. The van der Waals surface area contributed by atoms with Crippen LogP contribution in [0.15, 0.2) is 126 Å². The second kappa shape index (κ2) is 8.90. The lowest BCUT2D eigenvalue weighted by Gasteiger charge is -2.46. The highest BCUT2D eigenvalue weighted by molar-refractivity contribution is 6.21. The molecule has 2 heterocycles. The standard InChI is InChI=1S/C38H28N2O/c1-2-10-27(11-3-1)37-39-38(30-15-8-12-24-9-4-5-13-29(24)30)40(37)28-21-19-25-17-18-26-20-22-34-36(35(26)32(25)23-28)31-14-6-7-16-33(31)41-34/h1-5,7-13,15-23,37-39H,6,14H2/p+1. The fourth-order valence-corrected chi connectivity index (χ4v) is 7.23. The van der Waals surface area contributed by atoms with Crippen molar-refractivity contribution in [1.82, 2.24) is 5.32 Å². The Balaban J connectivity index is 1.28. The summed E-state index contributed by atoms with van der Waals surface area (Å²) in [7, 11) is 0. The molecule has 0 amide bonds. The van der Waals surface area contributed by atoms with Crippen LogP contribution in [0.4, 0.5) is 5.69 Å². The van der Waals surface area contributed by atoms with Crippen molar-refractivity contribution < 1.29 is 9.32 Å². The van der Waals surface area contributed by atoms with Gasteiger partial charge in [-0.3, -0.25) is 4.90 Å². The van der Waals surface area contributed by atoms with E-state index in [0.717, 1.165) is 24.2 Å². The molecule has 1 fully saturated rings. The zero-order chi connectivity index (χ0) is 26.9. The van der Waals surface area contributed by atoms with Crippen molar-refractivity contribution in [3.63, 3.8) is 0 Å². The van der Waals surface area contributed by atoms with Crippen molar-refractivity contribution in [3.05, 3.63) is 144 Å². The van der Waals surface area contributed by atoms with Crippen LogP contribution >= 0.6 is 0 Å². The summed E-state index contributed by atoms with van der Waals surface area (Å²) in [6.07, 6.45) is 6.76. The molecule has 1 aromatic heterocycles. The van der Waals surface area contributed by atoms with E-state index < -0.39 is 0 Å². The molecule has 9 rings (SSSR count). The largest absolute Gasteiger partial charge is 0.456 e. The first-order chi connectivity index (χ1) is 20.3. The van der Waals surface area contributed by atoms with Gasteiger partial charge >= 0.3 is 0 Å². The number of hydrogen-bond acceptors (Lipinski definition) is 2. The Bertz CT molecular complexity index is 2150. The second-order valence-corrected chi connectivity index (χ2v) is 11.4. The van der Waals surface area contributed by atoms with Gasteiger partial charge in [-0.1, -0.05) is 97.1 Å². The SMILES string of the molecule is C1=Cc2oc3ccc4ccc5ccc([NH+]6C(c7ccccc7)NC6c6cccc7ccccc67)cc5c4c3c2CC1. The molecule has 3 atom stereocenters. The number of nitrogens with one attached hydrogen (secondary N) is 2. The molecular formula is C38H29N2O+. The molecule has 2 aliphatic rings. The summed E-state index contributed by atoms with van der Waals surface area (Å²) in [4.78, 5) is 1.43. The Hall–Kier alpha value is -4.70. The van der Waals surface area contributed by atoms with Crippen LogP contribution in [0, 0.1) is 0 Å². The molecule has 1 aliphatic carbocycles. The molecule has 0 spiro atoms. The first kappa shape index (κ1) is 23.0. The molecule has 3 unspecified atom stereocenters. The molecular weight excluding hydrogens is 500 g/mol. The highest BCUT2D eigenvalue weighted by Crippen LogP contribution is 2.40. The lowest BCUT2D eigenvalue weighted by Crippen LogP contribution is -3.19. The van der Waals surface area contributed by atoms with Crippen LogP contribution in [-0.4, -0.2) is 0 Å². The number of benzene rings is 6.